The number of aromatic nitrogens is 1. The van der Waals surface area contributed by atoms with Gasteiger partial charge in [0.25, 0.3) is 0 Å². The van der Waals surface area contributed by atoms with E-state index in [1.807, 2.05) is 0 Å². The Labute approximate surface area is 135 Å². The van der Waals surface area contributed by atoms with Gasteiger partial charge in [-0.3, -0.25) is 9.69 Å². The van der Waals surface area contributed by atoms with E-state index in [9.17, 15) is 18.0 Å². The van der Waals surface area contributed by atoms with Crippen molar-refractivity contribution < 1.29 is 27.1 Å². The van der Waals surface area contributed by atoms with Crippen LogP contribution in [0.2, 0.25) is 0 Å². The van der Waals surface area contributed by atoms with Crippen LogP contribution in [-0.4, -0.2) is 41.6 Å². The third-order valence-corrected chi connectivity index (χ3v) is 4.12. The molecular formula is C15H16F3N3O3. The maximum Gasteiger partial charge on any atom is 0.416 e. The fourth-order valence-electron chi connectivity index (χ4n) is 2.90. The second-order valence-electron chi connectivity index (χ2n) is 5.73. The number of amides is 1. The summed E-state index contributed by atoms with van der Waals surface area (Å²) < 4.78 is 48.9. The molecule has 0 bridgehead atoms. The zero-order chi connectivity index (χ0) is 17.5. The van der Waals surface area contributed by atoms with Crippen LogP contribution in [0.25, 0.3) is 11.1 Å². The van der Waals surface area contributed by atoms with Crippen molar-refractivity contribution in [3.63, 3.8) is 0 Å². The zero-order valence-electron chi connectivity index (χ0n) is 12.8. The molecule has 9 heteroatoms. The summed E-state index contributed by atoms with van der Waals surface area (Å²) in [6.07, 6.45) is -4.11. The molecule has 1 saturated heterocycles. The van der Waals surface area contributed by atoms with Crippen molar-refractivity contribution >= 4 is 17.0 Å². The standard InChI is InChI=1S/C15H16F3N3O3/c1-23-9-5-11(14(19)22)21(6-9)7-13-20-10-4-8(15(16,17)18)2-3-12(10)24-13/h2-4,9,11H,5-7H2,1H3,(H2,19,22)/t9-,11-/m0/s1. The molecule has 2 heterocycles. The van der Waals surface area contributed by atoms with E-state index in [0.717, 1.165) is 12.1 Å². The molecule has 2 N–H and O–H groups in total. The first-order valence-corrected chi connectivity index (χ1v) is 7.30. The van der Waals surface area contributed by atoms with Gasteiger partial charge in [0.05, 0.1) is 24.3 Å². The molecule has 0 aliphatic carbocycles. The monoisotopic (exact) mass is 343 g/mol. The number of fused-ring (bicyclic) bond motifs is 1. The summed E-state index contributed by atoms with van der Waals surface area (Å²) in [5.74, 6) is -0.252. The predicted octanol–water partition coefficient (Wildman–Crippen LogP) is 1.92. The Bertz CT molecular complexity index is 759. The van der Waals surface area contributed by atoms with E-state index in [-0.39, 0.29) is 29.6 Å². The van der Waals surface area contributed by atoms with Crippen molar-refractivity contribution in [1.29, 1.82) is 0 Å². The van der Waals surface area contributed by atoms with Crippen LogP contribution in [0.1, 0.15) is 17.9 Å². The minimum Gasteiger partial charge on any atom is -0.439 e. The van der Waals surface area contributed by atoms with Crippen LogP contribution in [0.5, 0.6) is 0 Å². The van der Waals surface area contributed by atoms with Crippen LogP contribution in [0.4, 0.5) is 13.2 Å². The number of halogens is 3. The predicted molar refractivity (Wildman–Crippen MR) is 77.8 cm³/mol. The summed E-state index contributed by atoms with van der Waals surface area (Å²) in [5, 5.41) is 0. The first kappa shape index (κ1) is 16.7. The second-order valence-corrected chi connectivity index (χ2v) is 5.73. The van der Waals surface area contributed by atoms with Gasteiger partial charge < -0.3 is 14.9 Å². The number of nitrogens with two attached hydrogens (primary N) is 1. The van der Waals surface area contributed by atoms with Crippen molar-refractivity contribution in [2.24, 2.45) is 5.73 Å². The van der Waals surface area contributed by atoms with Gasteiger partial charge in [-0.25, -0.2) is 4.98 Å². The quantitative estimate of drug-likeness (QED) is 0.917. The normalized spacial score (nSPS) is 22.3. The molecular weight excluding hydrogens is 327 g/mol. The minimum atomic E-state index is -4.44. The van der Waals surface area contributed by atoms with Crippen molar-refractivity contribution in [3.05, 3.63) is 29.7 Å². The largest absolute Gasteiger partial charge is 0.439 e. The third-order valence-electron chi connectivity index (χ3n) is 4.12. The van der Waals surface area contributed by atoms with E-state index < -0.39 is 23.7 Å². The number of likely N-dealkylation sites (tertiary alicyclic amines) is 1. The summed E-state index contributed by atoms with van der Waals surface area (Å²) in [7, 11) is 1.55. The molecule has 24 heavy (non-hydrogen) atoms. The van der Waals surface area contributed by atoms with E-state index in [1.54, 1.807) is 12.0 Å². The molecule has 0 saturated carbocycles. The molecule has 1 aliphatic rings. The van der Waals surface area contributed by atoms with E-state index >= 15 is 0 Å². The summed E-state index contributed by atoms with van der Waals surface area (Å²) >= 11 is 0. The smallest absolute Gasteiger partial charge is 0.416 e. The molecule has 1 amide bonds. The topological polar surface area (TPSA) is 81.6 Å². The number of primary amides is 1. The molecule has 1 aliphatic heterocycles. The molecule has 1 fully saturated rings. The average Bonchev–Trinajstić information content (AvgIpc) is 3.08. The Hall–Kier alpha value is -2.13. The fraction of sp³-hybridized carbons (Fsp3) is 0.467. The van der Waals surface area contributed by atoms with Crippen molar-refractivity contribution in [2.75, 3.05) is 13.7 Å². The molecule has 0 radical (unpaired) electrons. The van der Waals surface area contributed by atoms with Gasteiger partial charge in [0.2, 0.25) is 11.8 Å². The van der Waals surface area contributed by atoms with Gasteiger partial charge in [0.1, 0.15) is 5.52 Å². The number of hydrogen-bond acceptors (Lipinski definition) is 5. The second kappa shape index (κ2) is 6.06. The number of benzene rings is 1. The SMILES string of the molecule is CO[C@H]1C[C@@H](C(N)=O)N(Cc2nc3cc(C(F)(F)F)ccc3o2)C1. The first-order chi connectivity index (χ1) is 11.3. The number of alkyl halides is 3. The highest BCUT2D eigenvalue weighted by Gasteiger charge is 2.36. The highest BCUT2D eigenvalue weighted by Crippen LogP contribution is 2.32. The van der Waals surface area contributed by atoms with Gasteiger partial charge in [-0.2, -0.15) is 13.2 Å². The lowest BCUT2D eigenvalue weighted by molar-refractivity contribution is -0.137. The summed E-state index contributed by atoms with van der Waals surface area (Å²) in [4.78, 5) is 17.4. The van der Waals surface area contributed by atoms with Crippen LogP contribution < -0.4 is 5.73 Å². The molecule has 2 atom stereocenters. The van der Waals surface area contributed by atoms with Crippen LogP contribution >= 0.6 is 0 Å². The van der Waals surface area contributed by atoms with Gasteiger partial charge >= 0.3 is 6.18 Å². The van der Waals surface area contributed by atoms with E-state index in [4.69, 9.17) is 14.9 Å². The summed E-state index contributed by atoms with van der Waals surface area (Å²) in [5.41, 5.74) is 4.99. The molecule has 1 aromatic carbocycles. The van der Waals surface area contributed by atoms with Crippen LogP contribution in [0.15, 0.2) is 22.6 Å². The maximum absolute atomic E-state index is 12.7. The highest BCUT2D eigenvalue weighted by atomic mass is 19.4. The molecule has 2 aromatic rings. The number of carbonyl (C=O) groups excluding carboxylic acids is 1. The Morgan fingerprint density at radius 2 is 2.25 bits per heavy atom. The third kappa shape index (κ3) is 3.22. The lowest BCUT2D eigenvalue weighted by Gasteiger charge is -2.19. The lowest BCUT2D eigenvalue weighted by atomic mass is 10.2. The molecule has 3 rings (SSSR count). The highest BCUT2D eigenvalue weighted by molar-refractivity contribution is 5.80. The number of nitrogens with zero attached hydrogens (tertiary/aromatic N) is 2. The van der Waals surface area contributed by atoms with Gasteiger partial charge in [-0.15, -0.1) is 0 Å². The van der Waals surface area contributed by atoms with E-state index in [1.165, 1.54) is 6.07 Å². The molecule has 0 spiro atoms. The van der Waals surface area contributed by atoms with Crippen LogP contribution in [-0.2, 0) is 22.3 Å². The Kier molecular flexibility index (Phi) is 4.22. The van der Waals surface area contributed by atoms with Crippen molar-refractivity contribution in [3.8, 4) is 0 Å². The first-order valence-electron chi connectivity index (χ1n) is 7.30. The maximum atomic E-state index is 12.7. The average molecular weight is 343 g/mol. The van der Waals surface area contributed by atoms with Gasteiger partial charge in [0.15, 0.2) is 5.58 Å². The number of methoxy groups -OCH3 is 1. The molecule has 1 aromatic heterocycles. The number of hydrogen-bond donors (Lipinski definition) is 1. The Balaban J connectivity index is 1.83. The number of rotatable bonds is 4. The molecule has 6 nitrogen and oxygen atoms in total. The minimum absolute atomic E-state index is 0.123. The van der Waals surface area contributed by atoms with E-state index in [0.29, 0.717) is 13.0 Å². The number of ether oxygens (including phenoxy) is 1. The molecule has 0 unspecified atom stereocenters. The van der Waals surface area contributed by atoms with Gasteiger partial charge in [-0.05, 0) is 24.6 Å². The van der Waals surface area contributed by atoms with Crippen molar-refractivity contribution in [2.45, 2.75) is 31.3 Å². The lowest BCUT2D eigenvalue weighted by Crippen LogP contribution is -2.39. The molecule has 130 valence electrons. The Morgan fingerprint density at radius 1 is 1.50 bits per heavy atom. The summed E-state index contributed by atoms with van der Waals surface area (Å²) in [6, 6.07) is 2.61. The Morgan fingerprint density at radius 3 is 2.88 bits per heavy atom. The summed E-state index contributed by atoms with van der Waals surface area (Å²) in [6.45, 7) is 0.639. The van der Waals surface area contributed by atoms with Gasteiger partial charge in [0, 0.05) is 13.7 Å². The van der Waals surface area contributed by atoms with Gasteiger partial charge in [-0.1, -0.05) is 0 Å². The van der Waals surface area contributed by atoms with Crippen molar-refractivity contribution in [1.82, 2.24) is 9.88 Å². The zero-order valence-corrected chi connectivity index (χ0v) is 12.8. The van der Waals surface area contributed by atoms with Crippen LogP contribution in [0.3, 0.4) is 0 Å². The number of carbonyl (C=O) groups is 1. The van der Waals surface area contributed by atoms with E-state index in [2.05, 4.69) is 4.98 Å². The fourth-order valence-corrected chi connectivity index (χ4v) is 2.90. The number of oxazole rings is 1. The van der Waals surface area contributed by atoms with Crippen LogP contribution in [0, 0.1) is 0 Å².